The Kier molecular flexibility index (Phi) is 8.72. The number of nitrogens with zero attached hydrogens (tertiary/aromatic N) is 4. The molecule has 1 aromatic heterocycles. The fourth-order valence-corrected chi connectivity index (χ4v) is 3.42. The van der Waals surface area contributed by atoms with Crippen molar-refractivity contribution in [2.24, 2.45) is 12.0 Å². The van der Waals surface area contributed by atoms with Crippen LogP contribution in [0.15, 0.2) is 29.3 Å². The minimum absolute atomic E-state index is 0. The van der Waals surface area contributed by atoms with Crippen LogP contribution in [-0.4, -0.2) is 33.3 Å². The van der Waals surface area contributed by atoms with Crippen molar-refractivity contribution in [2.45, 2.75) is 65.0 Å². The molecule has 0 radical (unpaired) electrons. The molecule has 28 heavy (non-hydrogen) atoms. The molecule has 1 aliphatic carbocycles. The number of guanidine groups is 1. The molecule has 2 N–H and O–H groups in total. The highest BCUT2D eigenvalue weighted by Gasteiger charge is 2.17. The van der Waals surface area contributed by atoms with Crippen molar-refractivity contribution in [3.63, 3.8) is 0 Å². The second-order valence-electron chi connectivity index (χ2n) is 7.71. The van der Waals surface area contributed by atoms with Crippen LogP contribution in [0.4, 0.5) is 0 Å². The number of hydrogen-bond donors (Lipinski definition) is 2. The largest absolute Gasteiger partial charge is 0.356 e. The zero-order valence-electron chi connectivity index (χ0n) is 17.4. The quantitative estimate of drug-likeness (QED) is 0.363. The fraction of sp³-hybridized carbons (Fsp3) is 0.571. The Morgan fingerprint density at radius 3 is 2.46 bits per heavy atom. The van der Waals surface area contributed by atoms with Gasteiger partial charge in [-0.2, -0.15) is 0 Å². The van der Waals surface area contributed by atoms with Gasteiger partial charge in [0, 0.05) is 19.6 Å². The van der Waals surface area contributed by atoms with E-state index in [1.54, 1.807) is 0 Å². The van der Waals surface area contributed by atoms with E-state index in [0.717, 1.165) is 24.2 Å². The van der Waals surface area contributed by atoms with E-state index in [2.05, 4.69) is 58.9 Å². The fourth-order valence-electron chi connectivity index (χ4n) is 3.42. The molecule has 1 heterocycles. The number of aromatic nitrogens is 3. The van der Waals surface area contributed by atoms with E-state index in [1.165, 1.54) is 36.8 Å². The molecule has 3 rings (SSSR count). The van der Waals surface area contributed by atoms with Crippen LogP contribution >= 0.6 is 24.0 Å². The molecule has 6 nitrogen and oxygen atoms in total. The summed E-state index contributed by atoms with van der Waals surface area (Å²) in [4.78, 5) is 4.78. The van der Waals surface area contributed by atoms with Gasteiger partial charge in [0.25, 0.3) is 0 Å². The monoisotopic (exact) mass is 496 g/mol. The third-order valence-corrected chi connectivity index (χ3v) is 5.48. The van der Waals surface area contributed by atoms with Gasteiger partial charge in [0.2, 0.25) is 0 Å². The number of benzene rings is 1. The van der Waals surface area contributed by atoms with Crippen LogP contribution in [0, 0.1) is 13.8 Å². The van der Waals surface area contributed by atoms with Gasteiger partial charge in [-0.3, -0.25) is 0 Å². The molecule has 0 bridgehead atoms. The van der Waals surface area contributed by atoms with E-state index in [1.807, 2.05) is 18.5 Å². The van der Waals surface area contributed by atoms with Crippen LogP contribution in [0.2, 0.25) is 0 Å². The third-order valence-electron chi connectivity index (χ3n) is 5.48. The molecule has 1 aliphatic rings. The van der Waals surface area contributed by atoms with E-state index in [-0.39, 0.29) is 24.0 Å². The molecule has 0 saturated heterocycles. The van der Waals surface area contributed by atoms with Crippen molar-refractivity contribution in [1.82, 2.24) is 25.4 Å². The van der Waals surface area contributed by atoms with Crippen LogP contribution < -0.4 is 10.6 Å². The number of nitrogens with one attached hydrogen (secondary N) is 2. The summed E-state index contributed by atoms with van der Waals surface area (Å²) in [6.07, 6.45) is 5.04. The molecule has 1 saturated carbocycles. The average molecular weight is 496 g/mol. The van der Waals surface area contributed by atoms with E-state index in [0.29, 0.717) is 18.5 Å². The van der Waals surface area contributed by atoms with E-state index >= 15 is 0 Å². The summed E-state index contributed by atoms with van der Waals surface area (Å²) in [5.74, 6) is 3.08. The number of aryl methyl sites for hydroxylation is 2. The number of hydrogen-bond acceptors (Lipinski definition) is 3. The van der Waals surface area contributed by atoms with E-state index < -0.39 is 0 Å². The molecular weight excluding hydrogens is 463 g/mol. The van der Waals surface area contributed by atoms with Crippen molar-refractivity contribution >= 4 is 29.9 Å². The van der Waals surface area contributed by atoms with Crippen LogP contribution in [0.5, 0.6) is 0 Å². The highest BCUT2D eigenvalue weighted by Crippen LogP contribution is 2.18. The number of rotatable bonds is 6. The first-order valence-corrected chi connectivity index (χ1v) is 9.99. The summed E-state index contributed by atoms with van der Waals surface area (Å²) in [6, 6.07) is 9.30. The van der Waals surface area contributed by atoms with Crippen molar-refractivity contribution in [1.29, 1.82) is 0 Å². The van der Waals surface area contributed by atoms with Crippen LogP contribution in [0.3, 0.4) is 0 Å². The van der Waals surface area contributed by atoms with Gasteiger partial charge < -0.3 is 15.2 Å². The Balaban J connectivity index is 0.00000280. The van der Waals surface area contributed by atoms with Crippen molar-refractivity contribution in [3.8, 4) is 0 Å². The summed E-state index contributed by atoms with van der Waals surface area (Å²) in [5, 5.41) is 15.5. The van der Waals surface area contributed by atoms with Crippen LogP contribution in [-0.2, 0) is 13.6 Å². The van der Waals surface area contributed by atoms with Crippen molar-refractivity contribution in [2.75, 3.05) is 6.54 Å². The molecule has 7 heteroatoms. The first-order chi connectivity index (χ1) is 13.0. The lowest BCUT2D eigenvalue weighted by Crippen LogP contribution is -2.43. The zero-order chi connectivity index (χ0) is 19.2. The van der Waals surface area contributed by atoms with Crippen molar-refractivity contribution < 1.29 is 0 Å². The van der Waals surface area contributed by atoms with Gasteiger partial charge >= 0.3 is 0 Å². The molecule has 1 aromatic carbocycles. The van der Waals surface area contributed by atoms with E-state index in [9.17, 15) is 0 Å². The Labute approximate surface area is 185 Å². The summed E-state index contributed by atoms with van der Waals surface area (Å²) in [7, 11) is 1.98. The van der Waals surface area contributed by atoms with Gasteiger partial charge in [0.15, 0.2) is 11.8 Å². The average Bonchev–Trinajstić information content (AvgIpc) is 3.29. The predicted octanol–water partition coefficient (Wildman–Crippen LogP) is 3.83. The van der Waals surface area contributed by atoms with Gasteiger partial charge in [0.1, 0.15) is 12.4 Å². The topological polar surface area (TPSA) is 67.1 Å². The summed E-state index contributed by atoms with van der Waals surface area (Å²) in [6.45, 7) is 7.70. The lowest BCUT2D eigenvalue weighted by molar-refractivity contribution is 0.602. The lowest BCUT2D eigenvalue weighted by atomic mass is 10.0. The standard InChI is InChI=1S/C21H32N6.HI/c1-15-9-11-18(12-10-15)16(2)13-22-21(24-19-7-5-6-8-19)23-14-20-26-25-17(3)27(20)4;/h9-12,16,19H,5-8,13-14H2,1-4H3,(H2,22,23,24);1H. The maximum atomic E-state index is 4.78. The first kappa shape index (κ1) is 22.6. The van der Waals surface area contributed by atoms with E-state index in [4.69, 9.17) is 4.99 Å². The Morgan fingerprint density at radius 1 is 1.18 bits per heavy atom. The zero-order valence-corrected chi connectivity index (χ0v) is 19.7. The SMILES string of the molecule is Cc1ccc(C(C)CNC(=NCc2nnc(C)n2C)NC2CCCC2)cc1.I. The minimum atomic E-state index is 0. The lowest BCUT2D eigenvalue weighted by Gasteiger charge is -2.20. The molecular formula is C21H33IN6. The van der Waals surface area contributed by atoms with Gasteiger partial charge in [-0.1, -0.05) is 49.6 Å². The molecule has 2 aromatic rings. The maximum absolute atomic E-state index is 4.78. The molecule has 1 unspecified atom stereocenters. The Hall–Kier alpha value is -1.64. The Morgan fingerprint density at radius 2 is 1.86 bits per heavy atom. The highest BCUT2D eigenvalue weighted by molar-refractivity contribution is 14.0. The predicted molar refractivity (Wildman–Crippen MR) is 125 cm³/mol. The molecule has 1 fully saturated rings. The molecule has 0 amide bonds. The Bertz CT molecular complexity index is 762. The van der Waals surface area contributed by atoms with Crippen molar-refractivity contribution in [3.05, 3.63) is 47.0 Å². The van der Waals surface area contributed by atoms with Crippen LogP contribution in [0.1, 0.15) is 61.3 Å². The second kappa shape index (κ2) is 10.8. The normalized spacial score (nSPS) is 15.9. The molecule has 0 aliphatic heterocycles. The second-order valence-corrected chi connectivity index (χ2v) is 7.71. The van der Waals surface area contributed by atoms with Gasteiger partial charge in [-0.25, -0.2) is 4.99 Å². The summed E-state index contributed by atoms with van der Waals surface area (Å²) >= 11 is 0. The highest BCUT2D eigenvalue weighted by atomic mass is 127. The number of aliphatic imine (C=N–C) groups is 1. The van der Waals surface area contributed by atoms with Gasteiger partial charge in [-0.05, 0) is 38.2 Å². The summed E-state index contributed by atoms with van der Waals surface area (Å²) in [5.41, 5.74) is 2.64. The smallest absolute Gasteiger partial charge is 0.191 e. The number of halogens is 1. The molecule has 0 spiro atoms. The van der Waals surface area contributed by atoms with Crippen LogP contribution in [0.25, 0.3) is 0 Å². The molecule has 1 atom stereocenters. The van der Waals surface area contributed by atoms with Gasteiger partial charge in [0.05, 0.1) is 0 Å². The summed E-state index contributed by atoms with van der Waals surface area (Å²) < 4.78 is 1.99. The minimum Gasteiger partial charge on any atom is -0.356 e. The first-order valence-electron chi connectivity index (χ1n) is 9.99. The van der Waals surface area contributed by atoms with Gasteiger partial charge in [-0.15, -0.1) is 34.2 Å². The maximum Gasteiger partial charge on any atom is 0.191 e. The molecule has 154 valence electrons. The third kappa shape index (κ3) is 6.18.